The van der Waals surface area contributed by atoms with Crippen LogP contribution < -0.4 is 13.2 Å². The molecule has 0 aromatic heterocycles. The summed E-state index contributed by atoms with van der Waals surface area (Å²) >= 11 is -1.63. The molecule has 0 spiro atoms. The SMILES string of the molecule is CCO.c1cc[c]([Ge]([c]2ccccc2)[c]2ccccc2)cc1. The summed E-state index contributed by atoms with van der Waals surface area (Å²) < 4.78 is 4.50. The minimum absolute atomic E-state index is 0.250. The van der Waals surface area contributed by atoms with Crippen molar-refractivity contribution in [3.8, 4) is 0 Å². The molecule has 111 valence electrons. The Bertz CT molecular complexity index is 544. The van der Waals surface area contributed by atoms with Gasteiger partial charge in [-0.15, -0.1) is 0 Å². The zero-order valence-corrected chi connectivity index (χ0v) is 14.9. The Balaban J connectivity index is 0.000000545. The van der Waals surface area contributed by atoms with Gasteiger partial charge in [0.25, 0.3) is 0 Å². The summed E-state index contributed by atoms with van der Waals surface area (Å²) in [5.74, 6) is 0. The average Bonchev–Trinajstić information content (AvgIpc) is 2.59. The van der Waals surface area contributed by atoms with Crippen molar-refractivity contribution in [2.75, 3.05) is 6.61 Å². The Kier molecular flexibility index (Phi) is 6.94. The van der Waals surface area contributed by atoms with Crippen molar-refractivity contribution < 1.29 is 5.11 Å². The van der Waals surface area contributed by atoms with E-state index >= 15 is 0 Å². The van der Waals surface area contributed by atoms with Crippen molar-refractivity contribution in [2.24, 2.45) is 0 Å². The van der Waals surface area contributed by atoms with Crippen LogP contribution in [0.5, 0.6) is 0 Å². The van der Waals surface area contributed by atoms with Crippen LogP contribution in [0.4, 0.5) is 0 Å². The summed E-state index contributed by atoms with van der Waals surface area (Å²) in [5.41, 5.74) is 0. The van der Waals surface area contributed by atoms with Gasteiger partial charge in [-0.2, -0.15) is 0 Å². The second-order valence-electron chi connectivity index (χ2n) is 4.79. The molecule has 0 saturated heterocycles. The van der Waals surface area contributed by atoms with E-state index in [1.54, 1.807) is 6.92 Å². The summed E-state index contributed by atoms with van der Waals surface area (Å²) in [4.78, 5) is 0. The maximum absolute atomic E-state index is 7.57. The average molecular weight is 350 g/mol. The molecule has 1 radical (unpaired) electrons. The third-order valence-corrected chi connectivity index (χ3v) is 8.92. The van der Waals surface area contributed by atoms with Gasteiger partial charge in [0.2, 0.25) is 0 Å². The molecule has 1 nitrogen and oxygen atoms in total. The van der Waals surface area contributed by atoms with Crippen molar-refractivity contribution in [1.82, 2.24) is 0 Å². The standard InChI is InChI=1S/C18H15Ge.C2H6O/c1-4-10-16(11-5-1)19(17-12-6-2-7-13-17)18-14-8-3-9-15-18;1-2-3/h1-15H;3H,2H2,1H3. The molecule has 0 saturated carbocycles. The molecule has 0 fully saturated rings. The van der Waals surface area contributed by atoms with Crippen LogP contribution in [0.25, 0.3) is 0 Å². The Labute approximate surface area is 137 Å². The van der Waals surface area contributed by atoms with E-state index in [0.29, 0.717) is 0 Å². The second kappa shape index (κ2) is 9.24. The van der Waals surface area contributed by atoms with E-state index in [4.69, 9.17) is 5.11 Å². The fourth-order valence-electron chi connectivity index (χ4n) is 2.31. The predicted molar refractivity (Wildman–Crippen MR) is 96.7 cm³/mol. The number of rotatable bonds is 3. The van der Waals surface area contributed by atoms with Gasteiger partial charge in [0, 0.05) is 6.61 Å². The van der Waals surface area contributed by atoms with Crippen molar-refractivity contribution in [3.63, 3.8) is 0 Å². The zero-order chi connectivity index (χ0) is 15.6. The van der Waals surface area contributed by atoms with E-state index in [9.17, 15) is 0 Å². The fraction of sp³-hybridized carbons (Fsp3) is 0.100. The molecule has 0 aliphatic heterocycles. The van der Waals surface area contributed by atoms with E-state index in [-0.39, 0.29) is 6.61 Å². The molecule has 0 heterocycles. The van der Waals surface area contributed by atoms with Gasteiger partial charge < -0.3 is 5.11 Å². The number of hydrogen-bond acceptors (Lipinski definition) is 1. The first kappa shape index (κ1) is 16.5. The molecular formula is C20H21GeO. The van der Waals surface area contributed by atoms with Gasteiger partial charge in [-0.25, -0.2) is 0 Å². The zero-order valence-electron chi connectivity index (χ0n) is 12.8. The second-order valence-corrected chi connectivity index (χ2v) is 10.00. The van der Waals surface area contributed by atoms with Gasteiger partial charge >= 0.3 is 119 Å². The van der Waals surface area contributed by atoms with Crippen molar-refractivity contribution >= 4 is 27.5 Å². The van der Waals surface area contributed by atoms with Crippen LogP contribution in [0.3, 0.4) is 0 Å². The van der Waals surface area contributed by atoms with Crippen LogP contribution in [0.2, 0.25) is 0 Å². The number of aliphatic hydroxyl groups excluding tert-OH is 1. The van der Waals surface area contributed by atoms with Gasteiger partial charge in [-0.1, -0.05) is 0 Å². The van der Waals surface area contributed by atoms with E-state index in [1.807, 2.05) is 0 Å². The minimum atomic E-state index is -1.63. The number of aliphatic hydroxyl groups is 1. The first-order valence-corrected chi connectivity index (χ1v) is 10.7. The topological polar surface area (TPSA) is 20.2 Å². The molecule has 1 N–H and O–H groups in total. The van der Waals surface area contributed by atoms with E-state index in [2.05, 4.69) is 91.0 Å². The van der Waals surface area contributed by atoms with Crippen LogP contribution in [-0.2, 0) is 0 Å². The molecule has 0 amide bonds. The van der Waals surface area contributed by atoms with Gasteiger partial charge in [0.15, 0.2) is 0 Å². The predicted octanol–water partition coefficient (Wildman–Crippen LogP) is 2.20. The first-order chi connectivity index (χ1) is 10.9. The molecule has 0 bridgehead atoms. The fourth-order valence-corrected chi connectivity index (χ4v) is 7.72. The summed E-state index contributed by atoms with van der Waals surface area (Å²) in [6.07, 6.45) is 0. The first-order valence-electron chi connectivity index (χ1n) is 7.51. The van der Waals surface area contributed by atoms with Crippen molar-refractivity contribution in [2.45, 2.75) is 6.92 Å². The van der Waals surface area contributed by atoms with Crippen molar-refractivity contribution in [1.29, 1.82) is 0 Å². The monoisotopic (exact) mass is 351 g/mol. The summed E-state index contributed by atoms with van der Waals surface area (Å²) in [5, 5.41) is 7.57. The quantitative estimate of drug-likeness (QED) is 0.719. The third kappa shape index (κ3) is 4.58. The normalized spacial score (nSPS) is 9.95. The Morgan fingerprint density at radius 3 is 1.05 bits per heavy atom. The van der Waals surface area contributed by atoms with Crippen molar-refractivity contribution in [3.05, 3.63) is 91.0 Å². The molecule has 22 heavy (non-hydrogen) atoms. The maximum atomic E-state index is 7.57. The number of hydrogen-bond donors (Lipinski definition) is 1. The molecule has 3 aromatic carbocycles. The van der Waals surface area contributed by atoms with Gasteiger partial charge in [-0.3, -0.25) is 0 Å². The number of benzene rings is 3. The molecule has 3 aromatic rings. The molecule has 0 unspecified atom stereocenters. The van der Waals surface area contributed by atoms with Crippen LogP contribution in [0.1, 0.15) is 6.92 Å². The van der Waals surface area contributed by atoms with Crippen LogP contribution in [0, 0.1) is 0 Å². The molecule has 2 heteroatoms. The molecule has 0 atom stereocenters. The summed E-state index contributed by atoms with van der Waals surface area (Å²) in [7, 11) is 0. The molecule has 0 aliphatic rings. The van der Waals surface area contributed by atoms with Gasteiger partial charge in [-0.05, 0) is 6.92 Å². The molecule has 3 rings (SSSR count). The molecule has 0 aliphatic carbocycles. The van der Waals surface area contributed by atoms with Crippen LogP contribution in [0.15, 0.2) is 91.0 Å². The molecular weight excluding hydrogens is 329 g/mol. The third-order valence-electron chi connectivity index (χ3n) is 3.19. The van der Waals surface area contributed by atoms with E-state index < -0.39 is 14.3 Å². The Hall–Kier alpha value is -1.84. The summed E-state index contributed by atoms with van der Waals surface area (Å²) in [6.45, 7) is 1.93. The van der Waals surface area contributed by atoms with Crippen LogP contribution >= 0.6 is 0 Å². The summed E-state index contributed by atoms with van der Waals surface area (Å²) in [6, 6.07) is 32.8. The van der Waals surface area contributed by atoms with Gasteiger partial charge in [0.05, 0.1) is 0 Å². The van der Waals surface area contributed by atoms with E-state index in [0.717, 1.165) is 0 Å². The Morgan fingerprint density at radius 1 is 0.591 bits per heavy atom. The van der Waals surface area contributed by atoms with E-state index in [1.165, 1.54) is 13.2 Å². The van der Waals surface area contributed by atoms with Crippen LogP contribution in [-0.4, -0.2) is 26.1 Å². The van der Waals surface area contributed by atoms with Gasteiger partial charge in [0.1, 0.15) is 0 Å². The Morgan fingerprint density at radius 2 is 0.818 bits per heavy atom.